The molecule has 0 saturated carbocycles. The Morgan fingerprint density at radius 2 is 2.29 bits per heavy atom. The first-order valence-electron chi connectivity index (χ1n) is 3.72. The zero-order valence-corrected chi connectivity index (χ0v) is 7.21. The van der Waals surface area contributed by atoms with Crippen molar-refractivity contribution < 1.29 is 27.4 Å². The second-order valence-electron chi connectivity index (χ2n) is 2.56. The van der Waals surface area contributed by atoms with Gasteiger partial charge in [0.15, 0.2) is 6.10 Å². The highest BCUT2D eigenvalue weighted by atomic mass is 19.4. The van der Waals surface area contributed by atoms with E-state index in [-0.39, 0.29) is 5.69 Å². The second-order valence-corrected chi connectivity index (χ2v) is 2.56. The quantitative estimate of drug-likeness (QED) is 0.822. The molecule has 1 aromatic heterocycles. The molecule has 0 radical (unpaired) electrons. The van der Waals surface area contributed by atoms with Crippen molar-refractivity contribution in [2.75, 3.05) is 0 Å². The molecule has 1 heterocycles. The van der Waals surface area contributed by atoms with Gasteiger partial charge in [-0.2, -0.15) is 18.2 Å². The van der Waals surface area contributed by atoms with Gasteiger partial charge in [-0.1, -0.05) is 0 Å². The van der Waals surface area contributed by atoms with Crippen LogP contribution in [-0.4, -0.2) is 22.4 Å². The van der Waals surface area contributed by atoms with E-state index >= 15 is 0 Å². The molecule has 0 aliphatic rings. The van der Waals surface area contributed by atoms with Crippen molar-refractivity contribution in [2.24, 2.45) is 0 Å². The van der Waals surface area contributed by atoms with Gasteiger partial charge in [0, 0.05) is 0 Å². The molecule has 1 aromatic rings. The Labute approximate surface area is 77.3 Å². The standard InChI is InChI=1S/C7H8F3NO3/c1-4(7(8,9)10)14-6-11-5(2-12)3-13-6/h3-4,12H,2H2,1H3. The van der Waals surface area contributed by atoms with E-state index in [4.69, 9.17) is 5.11 Å². The van der Waals surface area contributed by atoms with Crippen molar-refractivity contribution >= 4 is 0 Å². The molecular formula is C7H8F3NO3. The monoisotopic (exact) mass is 211 g/mol. The molecule has 0 bridgehead atoms. The van der Waals surface area contributed by atoms with Gasteiger partial charge >= 0.3 is 12.3 Å². The van der Waals surface area contributed by atoms with Crippen molar-refractivity contribution in [3.05, 3.63) is 12.0 Å². The van der Waals surface area contributed by atoms with Gasteiger partial charge in [0.2, 0.25) is 0 Å². The number of aliphatic hydroxyl groups excluding tert-OH is 1. The average molecular weight is 211 g/mol. The van der Waals surface area contributed by atoms with Crippen LogP contribution in [0.5, 0.6) is 6.08 Å². The summed E-state index contributed by atoms with van der Waals surface area (Å²) < 4.78 is 44.8. The van der Waals surface area contributed by atoms with Crippen LogP contribution in [0, 0.1) is 0 Å². The van der Waals surface area contributed by atoms with E-state index in [1.807, 2.05) is 0 Å². The molecule has 80 valence electrons. The number of rotatable bonds is 3. The van der Waals surface area contributed by atoms with Crippen LogP contribution >= 0.6 is 0 Å². The molecule has 1 atom stereocenters. The Morgan fingerprint density at radius 3 is 2.71 bits per heavy atom. The van der Waals surface area contributed by atoms with Crippen LogP contribution in [0.3, 0.4) is 0 Å². The molecule has 1 rings (SSSR count). The van der Waals surface area contributed by atoms with Gasteiger partial charge in [0.1, 0.15) is 12.0 Å². The smallest absolute Gasteiger partial charge is 0.425 e. The summed E-state index contributed by atoms with van der Waals surface area (Å²) in [5, 5.41) is 8.54. The fourth-order valence-electron chi connectivity index (χ4n) is 0.633. The number of hydrogen-bond donors (Lipinski definition) is 1. The van der Waals surface area contributed by atoms with Crippen LogP contribution in [0.15, 0.2) is 10.7 Å². The average Bonchev–Trinajstić information content (AvgIpc) is 2.50. The number of nitrogens with zero attached hydrogens (tertiary/aromatic N) is 1. The first-order chi connectivity index (χ1) is 6.43. The number of alkyl halides is 3. The van der Waals surface area contributed by atoms with E-state index in [1.54, 1.807) is 0 Å². The van der Waals surface area contributed by atoms with Gasteiger partial charge in [0.05, 0.1) is 6.61 Å². The normalized spacial score (nSPS) is 14.1. The lowest BCUT2D eigenvalue weighted by molar-refractivity contribution is -0.193. The van der Waals surface area contributed by atoms with Gasteiger partial charge in [-0.25, -0.2) is 0 Å². The molecule has 4 nitrogen and oxygen atoms in total. The molecular weight excluding hydrogens is 203 g/mol. The van der Waals surface area contributed by atoms with E-state index in [2.05, 4.69) is 14.1 Å². The fraction of sp³-hybridized carbons (Fsp3) is 0.571. The largest absolute Gasteiger partial charge is 0.437 e. The van der Waals surface area contributed by atoms with Crippen molar-refractivity contribution in [1.29, 1.82) is 0 Å². The summed E-state index contributed by atoms with van der Waals surface area (Å²) in [5.74, 6) is 0. The third kappa shape index (κ3) is 2.63. The molecule has 0 aliphatic heterocycles. The van der Waals surface area contributed by atoms with Crippen LogP contribution < -0.4 is 4.74 Å². The van der Waals surface area contributed by atoms with Gasteiger partial charge in [-0.3, -0.25) is 0 Å². The predicted octanol–water partition coefficient (Wildman–Crippen LogP) is 1.50. The minimum Gasteiger partial charge on any atom is -0.437 e. The number of oxazole rings is 1. The highest BCUT2D eigenvalue weighted by molar-refractivity contribution is 4.98. The highest BCUT2D eigenvalue weighted by Gasteiger charge is 2.38. The van der Waals surface area contributed by atoms with Gasteiger partial charge in [0.25, 0.3) is 0 Å². The molecule has 0 fully saturated rings. The summed E-state index contributed by atoms with van der Waals surface area (Å²) in [5.41, 5.74) is 0.120. The Morgan fingerprint density at radius 1 is 1.64 bits per heavy atom. The zero-order chi connectivity index (χ0) is 10.8. The van der Waals surface area contributed by atoms with Crippen LogP contribution in [0.2, 0.25) is 0 Å². The van der Waals surface area contributed by atoms with Crippen molar-refractivity contribution in [3.8, 4) is 6.08 Å². The minimum atomic E-state index is -4.46. The molecule has 1 unspecified atom stereocenters. The van der Waals surface area contributed by atoms with Crippen molar-refractivity contribution in [1.82, 2.24) is 4.98 Å². The van der Waals surface area contributed by atoms with Crippen LogP contribution in [-0.2, 0) is 6.61 Å². The Kier molecular flexibility index (Phi) is 3.00. The van der Waals surface area contributed by atoms with Gasteiger partial charge < -0.3 is 14.3 Å². The van der Waals surface area contributed by atoms with E-state index in [0.717, 1.165) is 13.2 Å². The topological polar surface area (TPSA) is 55.5 Å². The Balaban J connectivity index is 2.60. The van der Waals surface area contributed by atoms with Gasteiger partial charge in [-0.15, -0.1) is 0 Å². The third-order valence-corrected chi connectivity index (χ3v) is 1.43. The van der Waals surface area contributed by atoms with E-state index in [0.29, 0.717) is 0 Å². The summed E-state index contributed by atoms with van der Waals surface area (Å²) in [7, 11) is 0. The minimum absolute atomic E-state index is 0.120. The summed E-state index contributed by atoms with van der Waals surface area (Å²) >= 11 is 0. The summed E-state index contributed by atoms with van der Waals surface area (Å²) in [4.78, 5) is 3.44. The van der Waals surface area contributed by atoms with Crippen molar-refractivity contribution in [2.45, 2.75) is 25.8 Å². The molecule has 0 aromatic carbocycles. The first-order valence-corrected chi connectivity index (χ1v) is 3.72. The summed E-state index contributed by atoms with van der Waals surface area (Å²) in [6, 6.07) is 0. The molecule has 0 saturated heterocycles. The van der Waals surface area contributed by atoms with Crippen LogP contribution in [0.4, 0.5) is 13.2 Å². The molecule has 0 amide bonds. The number of hydrogen-bond acceptors (Lipinski definition) is 4. The second kappa shape index (κ2) is 3.87. The summed E-state index contributed by atoms with van der Waals surface area (Å²) in [6.45, 7) is 0.427. The lowest BCUT2D eigenvalue weighted by Crippen LogP contribution is -2.31. The fourth-order valence-corrected chi connectivity index (χ4v) is 0.633. The Hall–Kier alpha value is -1.24. The number of aromatic nitrogens is 1. The lowest BCUT2D eigenvalue weighted by atomic mass is 10.4. The van der Waals surface area contributed by atoms with Crippen molar-refractivity contribution in [3.63, 3.8) is 0 Å². The van der Waals surface area contributed by atoms with E-state index in [1.165, 1.54) is 0 Å². The van der Waals surface area contributed by atoms with E-state index in [9.17, 15) is 13.2 Å². The van der Waals surface area contributed by atoms with Crippen LogP contribution in [0.1, 0.15) is 12.6 Å². The molecule has 7 heteroatoms. The SMILES string of the molecule is CC(Oc1nc(CO)co1)C(F)(F)F. The number of halogens is 3. The molecule has 1 N–H and O–H groups in total. The molecule has 14 heavy (non-hydrogen) atoms. The lowest BCUT2D eigenvalue weighted by Gasteiger charge is -2.14. The highest BCUT2D eigenvalue weighted by Crippen LogP contribution is 2.24. The first kappa shape index (κ1) is 10.8. The Bertz CT molecular complexity index is 297. The zero-order valence-electron chi connectivity index (χ0n) is 7.21. The molecule has 0 aliphatic carbocycles. The third-order valence-electron chi connectivity index (χ3n) is 1.43. The van der Waals surface area contributed by atoms with Gasteiger partial charge in [-0.05, 0) is 6.92 Å². The maximum atomic E-state index is 12.0. The number of aliphatic hydroxyl groups is 1. The number of ether oxygens (including phenoxy) is 1. The maximum absolute atomic E-state index is 12.0. The van der Waals surface area contributed by atoms with Crippen LogP contribution in [0.25, 0.3) is 0 Å². The maximum Gasteiger partial charge on any atom is 0.425 e. The predicted molar refractivity (Wildman–Crippen MR) is 38.6 cm³/mol. The molecule has 0 spiro atoms. The summed E-state index contributed by atoms with van der Waals surface area (Å²) in [6.07, 6.45) is -5.93. The van der Waals surface area contributed by atoms with E-state index < -0.39 is 25.0 Å².